The minimum atomic E-state index is -3.64. The van der Waals surface area contributed by atoms with Crippen molar-refractivity contribution in [2.24, 2.45) is 0 Å². The van der Waals surface area contributed by atoms with Gasteiger partial charge in [-0.25, -0.2) is 23.5 Å². The zero-order valence-electron chi connectivity index (χ0n) is 25.1. The molecule has 2 fully saturated rings. The van der Waals surface area contributed by atoms with Gasteiger partial charge in [0.25, 0.3) is 0 Å². The molecule has 0 saturated carbocycles. The number of carbonyl (C=O) groups is 3. The molecule has 13 heteroatoms. The highest BCUT2D eigenvalue weighted by Gasteiger charge is 2.49. The van der Waals surface area contributed by atoms with Crippen LogP contribution in [-0.4, -0.2) is 69.1 Å². The summed E-state index contributed by atoms with van der Waals surface area (Å²) in [6.07, 6.45) is 2.74. The van der Waals surface area contributed by atoms with E-state index in [0.717, 1.165) is 23.3 Å². The van der Waals surface area contributed by atoms with Gasteiger partial charge in [-0.05, 0) is 76.3 Å². The maximum Gasteiger partial charge on any atom is 0.410 e. The summed E-state index contributed by atoms with van der Waals surface area (Å²) in [6.45, 7) is 5.63. The van der Waals surface area contributed by atoms with Gasteiger partial charge in [0.05, 0.1) is 12.2 Å². The van der Waals surface area contributed by atoms with E-state index in [0.29, 0.717) is 42.9 Å². The first-order chi connectivity index (χ1) is 20.3. The summed E-state index contributed by atoms with van der Waals surface area (Å²) in [5, 5.41) is 2.80. The minimum absolute atomic E-state index is 0.0133. The van der Waals surface area contributed by atoms with Crippen LogP contribution in [0.2, 0.25) is 0 Å². The molecule has 4 rings (SSSR count). The van der Waals surface area contributed by atoms with Crippen molar-refractivity contribution in [1.29, 1.82) is 0 Å². The molecule has 3 heterocycles. The van der Waals surface area contributed by atoms with Crippen molar-refractivity contribution in [3.8, 4) is 10.4 Å². The average Bonchev–Trinajstić information content (AvgIpc) is 3.44. The molecule has 1 aromatic carbocycles. The molecule has 43 heavy (non-hydrogen) atoms. The Hall–Kier alpha value is -3.00. The van der Waals surface area contributed by atoms with Crippen molar-refractivity contribution >= 4 is 44.8 Å². The van der Waals surface area contributed by atoms with Crippen LogP contribution in [0, 0.1) is 0 Å². The Morgan fingerprint density at radius 1 is 1.09 bits per heavy atom. The van der Waals surface area contributed by atoms with E-state index in [-0.39, 0.29) is 18.7 Å². The van der Waals surface area contributed by atoms with E-state index in [4.69, 9.17) is 14.3 Å². The Balaban J connectivity index is 1.47. The number of ether oxygens (including phenoxy) is 2. The van der Waals surface area contributed by atoms with Crippen LogP contribution in [0.1, 0.15) is 70.6 Å². The molecule has 2 aliphatic heterocycles. The Labute approximate surface area is 257 Å². The number of anilines is 1. The van der Waals surface area contributed by atoms with E-state index in [1.807, 2.05) is 12.1 Å². The van der Waals surface area contributed by atoms with Gasteiger partial charge in [-0.1, -0.05) is 18.6 Å². The van der Waals surface area contributed by atoms with Crippen LogP contribution >= 0.6 is 11.3 Å². The number of sulfone groups is 1. The van der Waals surface area contributed by atoms with Gasteiger partial charge in [0, 0.05) is 35.5 Å². The molecule has 2 atom stereocenters. The molecule has 0 radical (unpaired) electrons. The van der Waals surface area contributed by atoms with Gasteiger partial charge >= 0.3 is 6.09 Å². The van der Waals surface area contributed by atoms with E-state index in [1.165, 1.54) is 23.3 Å². The lowest BCUT2D eigenvalue weighted by Gasteiger charge is -2.35. The number of likely N-dealkylation sites (N-methyl/N-ethyl adjacent to an activating group) is 1. The number of rotatable bonds is 9. The van der Waals surface area contributed by atoms with E-state index >= 15 is 0 Å². The maximum atomic E-state index is 13.6. The molecule has 2 saturated heterocycles. The van der Waals surface area contributed by atoms with Crippen LogP contribution in [0.5, 0.6) is 0 Å². The lowest BCUT2D eigenvalue weighted by molar-refractivity contribution is -0.200. The lowest BCUT2D eigenvalue weighted by atomic mass is 9.94. The van der Waals surface area contributed by atoms with E-state index in [9.17, 15) is 22.8 Å². The summed E-state index contributed by atoms with van der Waals surface area (Å²) < 4.78 is 36.6. The lowest BCUT2D eigenvalue weighted by Crippen LogP contribution is -2.45. The van der Waals surface area contributed by atoms with Gasteiger partial charge < -0.3 is 19.7 Å². The zero-order chi connectivity index (χ0) is 31.3. The van der Waals surface area contributed by atoms with Crippen LogP contribution < -0.4 is 10.8 Å². The normalized spacial score (nSPS) is 21.9. The van der Waals surface area contributed by atoms with E-state index < -0.39 is 44.4 Å². The highest BCUT2D eigenvalue weighted by Crippen LogP contribution is 2.47. The molecular formula is C30H41N3O8S2. The molecular weight excluding hydrogens is 594 g/mol. The van der Waals surface area contributed by atoms with Gasteiger partial charge in [0.15, 0.2) is 16.1 Å². The van der Waals surface area contributed by atoms with Gasteiger partial charge in [-0.3, -0.25) is 9.59 Å². The fourth-order valence-corrected chi connectivity index (χ4v) is 8.93. The van der Waals surface area contributed by atoms with Crippen molar-refractivity contribution in [1.82, 2.24) is 10.4 Å². The summed E-state index contributed by atoms with van der Waals surface area (Å²) in [4.78, 5) is 45.9. The first kappa shape index (κ1) is 32.9. The number of hydrogen-bond donors (Lipinski definition) is 2. The summed E-state index contributed by atoms with van der Waals surface area (Å²) in [6, 6.07) is 10.8. The second kappa shape index (κ2) is 13.7. The molecule has 0 aliphatic carbocycles. The summed E-state index contributed by atoms with van der Waals surface area (Å²) >= 11 is 1.32. The topological polar surface area (TPSA) is 140 Å². The van der Waals surface area contributed by atoms with E-state index in [1.54, 1.807) is 45.0 Å². The third-order valence-electron chi connectivity index (χ3n) is 7.30. The molecule has 2 aromatic rings. The quantitative estimate of drug-likeness (QED) is 0.368. The number of nitrogens with zero attached hydrogens (tertiary/aromatic N) is 1. The summed E-state index contributed by atoms with van der Waals surface area (Å²) in [5.41, 5.74) is 3.06. The van der Waals surface area contributed by atoms with Crippen LogP contribution in [0.25, 0.3) is 10.4 Å². The molecule has 236 valence electrons. The fourth-order valence-electron chi connectivity index (χ4n) is 5.15. The molecule has 3 amide bonds. The fraction of sp³-hybridized carbons (Fsp3) is 0.567. The molecule has 1 unspecified atom stereocenters. The van der Waals surface area contributed by atoms with Crippen molar-refractivity contribution < 1.29 is 37.1 Å². The van der Waals surface area contributed by atoms with Crippen molar-refractivity contribution in [2.45, 2.75) is 82.4 Å². The molecule has 2 aliphatic rings. The Kier molecular flexibility index (Phi) is 10.5. The van der Waals surface area contributed by atoms with E-state index in [2.05, 4.69) is 10.8 Å². The van der Waals surface area contributed by atoms with Crippen molar-refractivity contribution in [2.75, 3.05) is 31.3 Å². The number of hydroxylamine groups is 1. The predicted molar refractivity (Wildman–Crippen MR) is 164 cm³/mol. The molecule has 2 N–H and O–H groups in total. The monoisotopic (exact) mass is 635 g/mol. The third kappa shape index (κ3) is 8.55. The second-order valence-electron chi connectivity index (χ2n) is 12.0. The van der Waals surface area contributed by atoms with Gasteiger partial charge in [0.2, 0.25) is 11.8 Å². The first-order valence-electron chi connectivity index (χ1n) is 14.5. The molecule has 1 aromatic heterocycles. The van der Waals surface area contributed by atoms with Crippen LogP contribution in [0.15, 0.2) is 36.4 Å². The highest BCUT2D eigenvalue weighted by atomic mass is 32.2. The number of thiophene rings is 1. The Morgan fingerprint density at radius 2 is 1.88 bits per heavy atom. The van der Waals surface area contributed by atoms with Gasteiger partial charge in [-0.15, -0.1) is 11.3 Å². The van der Waals surface area contributed by atoms with Gasteiger partial charge in [0.1, 0.15) is 16.9 Å². The second-order valence-corrected chi connectivity index (χ2v) is 15.5. The number of amides is 3. The molecule has 0 spiro atoms. The molecule has 11 nitrogen and oxygen atoms in total. The largest absolute Gasteiger partial charge is 0.444 e. The first-order valence-corrected chi connectivity index (χ1v) is 17.0. The van der Waals surface area contributed by atoms with Crippen molar-refractivity contribution in [3.63, 3.8) is 0 Å². The predicted octanol–water partition coefficient (Wildman–Crippen LogP) is 4.98. The number of nitrogens with one attached hydrogen (secondary N) is 2. The van der Waals surface area contributed by atoms with Crippen LogP contribution in [-0.2, 0) is 38.5 Å². The minimum Gasteiger partial charge on any atom is -0.444 e. The standard InChI is InChI=1S/C30H41N3O8S2/c1-29(2,3)40-28(36)33(4)20-26(35)31-22-11-9-10-21(18-22)23-13-14-24(42-23)30(15-6-8-17-43(30,37)38)19-25(34)32-41-27-12-5-7-16-39-27/h9-11,13-14,18,27H,5-8,12,15-17,19-20H2,1-4H3,(H,31,35)(H,32,34)/t27?,30-/m0/s1. The van der Waals surface area contributed by atoms with Crippen LogP contribution in [0.3, 0.4) is 0 Å². The maximum absolute atomic E-state index is 13.6. The zero-order valence-corrected chi connectivity index (χ0v) is 26.8. The summed E-state index contributed by atoms with van der Waals surface area (Å²) in [5.74, 6) is -0.883. The van der Waals surface area contributed by atoms with Crippen LogP contribution in [0.4, 0.5) is 10.5 Å². The van der Waals surface area contributed by atoms with Gasteiger partial charge in [-0.2, -0.15) is 0 Å². The highest BCUT2D eigenvalue weighted by molar-refractivity contribution is 7.92. The third-order valence-corrected chi connectivity index (χ3v) is 11.4. The SMILES string of the molecule is CN(CC(=O)Nc1cccc(-c2ccc([C@@]3(CC(=O)NOC4CCCCO4)CCCCS3(=O)=O)s2)c1)C(=O)OC(C)(C)C. The smallest absolute Gasteiger partial charge is 0.410 e. The number of hydrogen-bond acceptors (Lipinski definition) is 9. The Morgan fingerprint density at radius 3 is 2.58 bits per heavy atom. The van der Waals surface area contributed by atoms with Crippen molar-refractivity contribution in [3.05, 3.63) is 41.3 Å². The Bertz CT molecular complexity index is 1410. The molecule has 0 bridgehead atoms. The summed E-state index contributed by atoms with van der Waals surface area (Å²) in [7, 11) is -2.15. The number of carbonyl (C=O) groups excluding carboxylic acids is 3. The average molecular weight is 636 g/mol. The number of benzene rings is 1.